The van der Waals surface area contributed by atoms with Crippen LogP contribution < -0.4 is 5.32 Å². The zero-order valence-electron chi connectivity index (χ0n) is 12.1. The lowest BCUT2D eigenvalue weighted by Crippen LogP contribution is -2.25. The van der Waals surface area contributed by atoms with Gasteiger partial charge in [-0.2, -0.15) is 10.2 Å². The molecule has 6 nitrogen and oxygen atoms in total. The van der Waals surface area contributed by atoms with Crippen molar-refractivity contribution < 1.29 is 4.79 Å². The van der Waals surface area contributed by atoms with Crippen molar-refractivity contribution in [3.05, 3.63) is 40.4 Å². The molecule has 112 valence electrons. The molecule has 2 aromatic rings. The van der Waals surface area contributed by atoms with Gasteiger partial charge >= 0.3 is 0 Å². The van der Waals surface area contributed by atoms with Gasteiger partial charge in [0.2, 0.25) is 5.91 Å². The van der Waals surface area contributed by atoms with Crippen LogP contribution in [0.25, 0.3) is 6.08 Å². The summed E-state index contributed by atoms with van der Waals surface area (Å²) in [5.74, 6) is -0.120. The van der Waals surface area contributed by atoms with Crippen molar-refractivity contribution in [1.82, 2.24) is 24.9 Å². The topological polar surface area (TPSA) is 64.7 Å². The highest BCUT2D eigenvalue weighted by atomic mass is 79.9. The van der Waals surface area contributed by atoms with Crippen molar-refractivity contribution in [3.8, 4) is 0 Å². The van der Waals surface area contributed by atoms with E-state index in [0.29, 0.717) is 13.1 Å². The molecule has 0 bridgehead atoms. The number of amides is 1. The molecule has 0 spiro atoms. The molecule has 7 heteroatoms. The molecule has 1 amide bonds. The van der Waals surface area contributed by atoms with Crippen LogP contribution >= 0.6 is 15.9 Å². The summed E-state index contributed by atoms with van der Waals surface area (Å²) in [6, 6.07) is 0. The minimum absolute atomic E-state index is 0.120. The Morgan fingerprint density at radius 1 is 1.43 bits per heavy atom. The zero-order valence-corrected chi connectivity index (χ0v) is 13.7. The molecule has 1 N–H and O–H groups in total. The van der Waals surface area contributed by atoms with Gasteiger partial charge in [-0.25, -0.2) is 0 Å². The molecular formula is C14H18BrN5O. The van der Waals surface area contributed by atoms with E-state index < -0.39 is 0 Å². The van der Waals surface area contributed by atoms with Gasteiger partial charge in [-0.3, -0.25) is 14.2 Å². The highest BCUT2D eigenvalue weighted by Gasteiger charge is 2.02. The number of aromatic nitrogens is 4. The second kappa shape index (κ2) is 7.21. The van der Waals surface area contributed by atoms with Crippen molar-refractivity contribution in [2.45, 2.75) is 26.9 Å². The number of aryl methyl sites for hydroxylation is 1. The Labute approximate surface area is 132 Å². The fourth-order valence-corrected chi connectivity index (χ4v) is 2.25. The molecule has 0 saturated carbocycles. The van der Waals surface area contributed by atoms with Crippen LogP contribution in [0.1, 0.15) is 18.2 Å². The van der Waals surface area contributed by atoms with Gasteiger partial charge in [0, 0.05) is 36.6 Å². The van der Waals surface area contributed by atoms with Crippen molar-refractivity contribution in [2.24, 2.45) is 0 Å². The van der Waals surface area contributed by atoms with Gasteiger partial charge in [-0.15, -0.1) is 0 Å². The fraction of sp³-hybridized carbons (Fsp3) is 0.357. The van der Waals surface area contributed by atoms with Gasteiger partial charge in [0.05, 0.1) is 23.4 Å². The molecule has 2 rings (SSSR count). The highest BCUT2D eigenvalue weighted by Crippen LogP contribution is 2.08. The average molecular weight is 352 g/mol. The summed E-state index contributed by atoms with van der Waals surface area (Å²) >= 11 is 3.33. The predicted molar refractivity (Wildman–Crippen MR) is 84.6 cm³/mol. The molecule has 0 aliphatic rings. The van der Waals surface area contributed by atoms with Crippen molar-refractivity contribution in [1.29, 1.82) is 0 Å². The minimum atomic E-state index is -0.120. The van der Waals surface area contributed by atoms with Crippen molar-refractivity contribution in [3.63, 3.8) is 0 Å². The predicted octanol–water partition coefficient (Wildman–Crippen LogP) is 2.00. The van der Waals surface area contributed by atoms with Crippen LogP contribution in [0.3, 0.4) is 0 Å². The number of hydrogen-bond acceptors (Lipinski definition) is 3. The number of hydrogen-bond donors (Lipinski definition) is 1. The largest absolute Gasteiger partial charge is 0.351 e. The molecule has 0 saturated heterocycles. The first kappa shape index (κ1) is 15.5. The van der Waals surface area contributed by atoms with Gasteiger partial charge in [-0.05, 0) is 35.9 Å². The Morgan fingerprint density at radius 2 is 2.24 bits per heavy atom. The summed E-state index contributed by atoms with van der Waals surface area (Å²) in [7, 11) is 0. The van der Waals surface area contributed by atoms with Gasteiger partial charge in [0.25, 0.3) is 0 Å². The first-order chi connectivity index (χ1) is 10.1. The van der Waals surface area contributed by atoms with E-state index >= 15 is 0 Å². The smallest absolute Gasteiger partial charge is 0.244 e. The van der Waals surface area contributed by atoms with Crippen LogP contribution in [-0.2, 0) is 17.9 Å². The van der Waals surface area contributed by atoms with Gasteiger partial charge in [0.15, 0.2) is 0 Å². The Balaban J connectivity index is 1.81. The van der Waals surface area contributed by atoms with E-state index in [1.807, 2.05) is 24.7 Å². The third kappa shape index (κ3) is 4.29. The van der Waals surface area contributed by atoms with Crippen LogP contribution in [0.5, 0.6) is 0 Å². The van der Waals surface area contributed by atoms with Gasteiger partial charge < -0.3 is 5.32 Å². The normalized spacial score (nSPS) is 11.2. The summed E-state index contributed by atoms with van der Waals surface area (Å²) in [6.45, 7) is 6.02. The van der Waals surface area contributed by atoms with E-state index in [9.17, 15) is 4.79 Å². The van der Waals surface area contributed by atoms with E-state index in [1.165, 1.54) is 6.08 Å². The van der Waals surface area contributed by atoms with E-state index in [0.717, 1.165) is 22.3 Å². The third-order valence-electron chi connectivity index (χ3n) is 3.10. The van der Waals surface area contributed by atoms with Crippen molar-refractivity contribution >= 4 is 27.9 Å². The van der Waals surface area contributed by atoms with Gasteiger partial charge in [0.1, 0.15) is 0 Å². The fourth-order valence-electron chi connectivity index (χ4n) is 1.92. The highest BCUT2D eigenvalue weighted by molar-refractivity contribution is 9.10. The van der Waals surface area contributed by atoms with E-state index in [-0.39, 0.29) is 5.91 Å². The molecular weight excluding hydrogens is 334 g/mol. The van der Waals surface area contributed by atoms with Crippen LogP contribution in [-0.4, -0.2) is 32.0 Å². The standard InChI is InChI=1S/C14H18BrN5O/c1-3-20-11(2)12(8-18-20)4-5-14(21)16-6-7-19-10-13(15)9-17-19/h4-5,8-10H,3,6-7H2,1-2H3,(H,16,21)/b5-4+. The van der Waals surface area contributed by atoms with Gasteiger partial charge in [-0.1, -0.05) is 0 Å². The minimum Gasteiger partial charge on any atom is -0.351 e. The molecule has 2 aromatic heterocycles. The van der Waals surface area contributed by atoms with E-state index in [4.69, 9.17) is 0 Å². The van der Waals surface area contributed by atoms with Crippen LogP contribution in [0, 0.1) is 6.92 Å². The van der Waals surface area contributed by atoms with E-state index in [1.54, 1.807) is 23.2 Å². The quantitative estimate of drug-likeness (QED) is 0.809. The van der Waals surface area contributed by atoms with Crippen LogP contribution in [0.4, 0.5) is 0 Å². The van der Waals surface area contributed by atoms with E-state index in [2.05, 4.69) is 31.4 Å². The SMILES string of the molecule is CCn1ncc(/C=C/C(=O)NCCn2cc(Br)cn2)c1C. The van der Waals surface area contributed by atoms with Crippen LogP contribution in [0.15, 0.2) is 29.1 Å². The summed E-state index contributed by atoms with van der Waals surface area (Å²) < 4.78 is 4.59. The summed E-state index contributed by atoms with van der Waals surface area (Å²) in [5, 5.41) is 11.2. The second-order valence-electron chi connectivity index (χ2n) is 4.55. The monoisotopic (exact) mass is 351 g/mol. The molecule has 2 heterocycles. The number of carbonyl (C=O) groups excluding carboxylic acids is 1. The maximum Gasteiger partial charge on any atom is 0.244 e. The lowest BCUT2D eigenvalue weighted by molar-refractivity contribution is -0.116. The molecule has 0 fully saturated rings. The molecule has 0 aliphatic heterocycles. The summed E-state index contributed by atoms with van der Waals surface area (Å²) in [6.07, 6.45) is 8.67. The third-order valence-corrected chi connectivity index (χ3v) is 3.51. The Bertz CT molecular complexity index is 644. The maximum atomic E-state index is 11.7. The first-order valence-electron chi connectivity index (χ1n) is 6.76. The second-order valence-corrected chi connectivity index (χ2v) is 5.46. The maximum absolute atomic E-state index is 11.7. The van der Waals surface area contributed by atoms with Crippen LogP contribution in [0.2, 0.25) is 0 Å². The Morgan fingerprint density at radius 3 is 2.86 bits per heavy atom. The molecule has 0 aromatic carbocycles. The summed E-state index contributed by atoms with van der Waals surface area (Å²) in [5.41, 5.74) is 2.02. The first-order valence-corrected chi connectivity index (χ1v) is 7.55. The Kier molecular flexibility index (Phi) is 5.32. The lowest BCUT2D eigenvalue weighted by Gasteiger charge is -2.02. The zero-order chi connectivity index (χ0) is 15.2. The number of nitrogens with zero attached hydrogens (tertiary/aromatic N) is 4. The number of nitrogens with one attached hydrogen (secondary N) is 1. The lowest BCUT2D eigenvalue weighted by atomic mass is 10.2. The molecule has 0 aliphatic carbocycles. The average Bonchev–Trinajstić information content (AvgIpc) is 3.03. The number of halogens is 1. The van der Waals surface area contributed by atoms with Crippen molar-refractivity contribution in [2.75, 3.05) is 6.54 Å². The Hall–Kier alpha value is -1.89. The molecule has 0 unspecified atom stereocenters. The molecule has 21 heavy (non-hydrogen) atoms. The number of rotatable bonds is 6. The number of carbonyl (C=O) groups is 1. The molecule has 0 radical (unpaired) electrons. The summed E-state index contributed by atoms with van der Waals surface area (Å²) in [4.78, 5) is 11.7. The molecule has 0 atom stereocenters.